The second-order valence-corrected chi connectivity index (χ2v) is 9.66. The second kappa shape index (κ2) is 11.6. The van der Waals surface area contributed by atoms with Crippen molar-refractivity contribution in [3.8, 4) is 0 Å². The van der Waals surface area contributed by atoms with Gasteiger partial charge in [-0.1, -0.05) is 12.5 Å². The lowest BCUT2D eigenvalue weighted by Gasteiger charge is -2.33. The number of halogens is 1. The number of piperidine rings is 1. The van der Waals surface area contributed by atoms with Crippen LogP contribution in [-0.4, -0.2) is 69.5 Å². The summed E-state index contributed by atoms with van der Waals surface area (Å²) in [5, 5.41) is 9.97. The van der Waals surface area contributed by atoms with Gasteiger partial charge in [-0.05, 0) is 44.5 Å². The number of carbonyl (C=O) groups is 3. The Balaban J connectivity index is 1.28. The third kappa shape index (κ3) is 6.29. The first-order valence-corrected chi connectivity index (χ1v) is 12.7. The van der Waals surface area contributed by atoms with Crippen molar-refractivity contribution in [3.05, 3.63) is 47.0 Å². The molecule has 1 saturated heterocycles. The molecule has 1 aromatic carbocycles. The second-order valence-electron chi connectivity index (χ2n) is 9.66. The van der Waals surface area contributed by atoms with E-state index in [2.05, 4.69) is 27.6 Å². The molecule has 1 fully saturated rings. The normalized spacial score (nSPS) is 18.0. The van der Waals surface area contributed by atoms with Gasteiger partial charge in [-0.3, -0.25) is 24.0 Å². The molecule has 2 N–H and O–H groups in total. The first-order chi connectivity index (χ1) is 17.3. The van der Waals surface area contributed by atoms with Crippen LogP contribution in [0.3, 0.4) is 0 Å². The molecule has 10 heteroatoms. The van der Waals surface area contributed by atoms with E-state index in [9.17, 15) is 18.8 Å². The van der Waals surface area contributed by atoms with Gasteiger partial charge in [-0.25, -0.2) is 4.39 Å². The van der Waals surface area contributed by atoms with Gasteiger partial charge in [0.05, 0.1) is 0 Å². The van der Waals surface area contributed by atoms with Crippen LogP contribution in [0.5, 0.6) is 0 Å². The Hall–Kier alpha value is -3.27. The van der Waals surface area contributed by atoms with Gasteiger partial charge in [-0.15, -0.1) is 0 Å². The lowest BCUT2D eigenvalue weighted by atomic mass is 10.0. The Labute approximate surface area is 211 Å². The smallest absolute Gasteiger partial charge is 0.276 e. The lowest BCUT2D eigenvalue weighted by molar-refractivity contribution is -0.134. The molecule has 9 nitrogen and oxygen atoms in total. The van der Waals surface area contributed by atoms with Crippen LogP contribution < -0.4 is 10.6 Å². The number of fused-ring (bicyclic) bond motifs is 1. The zero-order valence-corrected chi connectivity index (χ0v) is 21.1. The van der Waals surface area contributed by atoms with Crippen LogP contribution >= 0.6 is 0 Å². The number of nitrogens with one attached hydrogen (secondary N) is 2. The van der Waals surface area contributed by atoms with Gasteiger partial charge >= 0.3 is 0 Å². The average molecular weight is 499 g/mol. The van der Waals surface area contributed by atoms with Crippen molar-refractivity contribution in [2.45, 2.75) is 58.0 Å². The Bertz CT molecular complexity index is 1120. The van der Waals surface area contributed by atoms with Gasteiger partial charge in [0.15, 0.2) is 5.69 Å². The topological polar surface area (TPSA) is 99.6 Å². The Kier molecular flexibility index (Phi) is 8.35. The van der Waals surface area contributed by atoms with Crippen LogP contribution in [0.4, 0.5) is 10.1 Å². The SMILES string of the molecule is CC1CCCCN1CCNC(=O)CCC(=O)N1CCc2c(c(C(=O)Nc3cccc(F)c3)nn2C)C1. The number of hydrogen-bond acceptors (Lipinski definition) is 5. The molecule has 4 rings (SSSR count). The predicted molar refractivity (Wildman–Crippen MR) is 134 cm³/mol. The maximum absolute atomic E-state index is 13.5. The summed E-state index contributed by atoms with van der Waals surface area (Å²) in [7, 11) is 1.77. The molecule has 2 aliphatic heterocycles. The third-order valence-corrected chi connectivity index (χ3v) is 7.12. The monoisotopic (exact) mass is 498 g/mol. The van der Waals surface area contributed by atoms with E-state index in [-0.39, 0.29) is 36.9 Å². The van der Waals surface area contributed by atoms with Crippen LogP contribution in [-0.2, 0) is 29.6 Å². The van der Waals surface area contributed by atoms with Gasteiger partial charge in [0.25, 0.3) is 5.91 Å². The summed E-state index contributed by atoms with van der Waals surface area (Å²) in [6.07, 6.45) is 4.49. The highest BCUT2D eigenvalue weighted by molar-refractivity contribution is 6.04. The number of likely N-dealkylation sites (tertiary alicyclic amines) is 1. The summed E-state index contributed by atoms with van der Waals surface area (Å²) in [6, 6.07) is 6.21. The van der Waals surface area contributed by atoms with Gasteiger partial charge in [0, 0.05) is 75.5 Å². The summed E-state index contributed by atoms with van der Waals surface area (Å²) >= 11 is 0. The third-order valence-electron chi connectivity index (χ3n) is 7.12. The summed E-state index contributed by atoms with van der Waals surface area (Å²) in [4.78, 5) is 42.1. The maximum atomic E-state index is 13.5. The zero-order valence-electron chi connectivity index (χ0n) is 21.1. The number of nitrogens with zero attached hydrogens (tertiary/aromatic N) is 4. The van der Waals surface area contributed by atoms with Gasteiger partial charge in [0.2, 0.25) is 11.8 Å². The van der Waals surface area contributed by atoms with Crippen molar-refractivity contribution in [1.82, 2.24) is 24.9 Å². The fraction of sp³-hybridized carbons (Fsp3) is 0.538. The minimum Gasteiger partial charge on any atom is -0.355 e. The van der Waals surface area contributed by atoms with Crippen molar-refractivity contribution in [2.24, 2.45) is 7.05 Å². The molecule has 1 unspecified atom stereocenters. The molecule has 194 valence electrons. The Morgan fingerprint density at radius 1 is 1.17 bits per heavy atom. The molecule has 1 aromatic heterocycles. The summed E-state index contributed by atoms with van der Waals surface area (Å²) in [5.74, 6) is -1.14. The van der Waals surface area contributed by atoms with Gasteiger partial charge < -0.3 is 15.5 Å². The molecule has 0 aliphatic carbocycles. The maximum Gasteiger partial charge on any atom is 0.276 e. The van der Waals surface area contributed by atoms with E-state index in [0.717, 1.165) is 18.8 Å². The molecule has 0 saturated carbocycles. The van der Waals surface area contributed by atoms with E-state index in [1.807, 2.05) is 0 Å². The van der Waals surface area contributed by atoms with E-state index in [0.29, 0.717) is 36.8 Å². The zero-order chi connectivity index (χ0) is 25.7. The quantitative estimate of drug-likeness (QED) is 0.583. The minimum atomic E-state index is -0.450. The van der Waals surface area contributed by atoms with Crippen LogP contribution in [0.15, 0.2) is 24.3 Å². The number of carbonyl (C=O) groups excluding carboxylic acids is 3. The molecular weight excluding hydrogens is 463 g/mol. The van der Waals surface area contributed by atoms with Crippen molar-refractivity contribution in [3.63, 3.8) is 0 Å². The molecule has 0 radical (unpaired) electrons. The number of aryl methyl sites for hydroxylation is 1. The van der Waals surface area contributed by atoms with E-state index in [1.165, 1.54) is 37.5 Å². The number of anilines is 1. The molecular formula is C26H35FN6O3. The first kappa shape index (κ1) is 25.8. The first-order valence-electron chi connectivity index (χ1n) is 12.7. The number of benzene rings is 1. The van der Waals surface area contributed by atoms with Crippen LogP contribution in [0.1, 0.15) is 60.8 Å². The molecule has 36 heavy (non-hydrogen) atoms. The summed E-state index contributed by atoms with van der Waals surface area (Å²) in [6.45, 7) is 5.47. The number of aromatic nitrogens is 2. The summed E-state index contributed by atoms with van der Waals surface area (Å²) in [5.41, 5.74) is 2.14. The standard InChI is InChI=1S/C26H35FN6O3/c1-18-6-3-4-13-32(18)15-12-28-23(34)9-10-24(35)33-14-11-22-21(17-33)25(30-31(22)2)26(36)29-20-8-5-7-19(27)16-20/h5,7-8,16,18H,3-4,6,9-15,17H2,1-2H3,(H,28,34)(H,29,36). The highest BCUT2D eigenvalue weighted by Gasteiger charge is 2.29. The largest absolute Gasteiger partial charge is 0.355 e. The fourth-order valence-corrected chi connectivity index (χ4v) is 5.04. The Morgan fingerprint density at radius 3 is 2.78 bits per heavy atom. The molecule has 2 aliphatic rings. The minimum absolute atomic E-state index is 0.117. The van der Waals surface area contributed by atoms with Crippen molar-refractivity contribution < 1.29 is 18.8 Å². The van der Waals surface area contributed by atoms with Crippen molar-refractivity contribution >= 4 is 23.4 Å². The van der Waals surface area contributed by atoms with Crippen LogP contribution in [0.2, 0.25) is 0 Å². The summed E-state index contributed by atoms with van der Waals surface area (Å²) < 4.78 is 15.2. The van der Waals surface area contributed by atoms with E-state index in [1.54, 1.807) is 22.7 Å². The van der Waals surface area contributed by atoms with Gasteiger partial charge in [0.1, 0.15) is 5.82 Å². The molecule has 3 heterocycles. The van der Waals surface area contributed by atoms with Gasteiger partial charge in [-0.2, -0.15) is 5.10 Å². The highest BCUT2D eigenvalue weighted by atomic mass is 19.1. The molecule has 2 aromatic rings. The molecule has 3 amide bonds. The van der Waals surface area contributed by atoms with Crippen LogP contribution in [0, 0.1) is 5.82 Å². The predicted octanol–water partition coefficient (Wildman–Crippen LogP) is 2.47. The molecule has 0 spiro atoms. The fourth-order valence-electron chi connectivity index (χ4n) is 5.04. The molecule has 1 atom stereocenters. The molecule has 0 bridgehead atoms. The van der Waals surface area contributed by atoms with E-state index >= 15 is 0 Å². The van der Waals surface area contributed by atoms with Crippen molar-refractivity contribution in [1.29, 1.82) is 0 Å². The van der Waals surface area contributed by atoms with E-state index in [4.69, 9.17) is 0 Å². The number of hydrogen-bond donors (Lipinski definition) is 2. The van der Waals surface area contributed by atoms with Crippen LogP contribution in [0.25, 0.3) is 0 Å². The number of rotatable bonds is 8. The Morgan fingerprint density at radius 2 is 2.00 bits per heavy atom. The highest BCUT2D eigenvalue weighted by Crippen LogP contribution is 2.24. The average Bonchev–Trinajstić information content (AvgIpc) is 3.19. The van der Waals surface area contributed by atoms with E-state index < -0.39 is 11.7 Å². The number of amides is 3. The lowest BCUT2D eigenvalue weighted by Crippen LogP contribution is -2.42. The van der Waals surface area contributed by atoms with Crippen molar-refractivity contribution in [2.75, 3.05) is 31.5 Å².